The second kappa shape index (κ2) is 13.5. The maximum atomic E-state index is 12.6. The average molecular weight is 517 g/mol. The number of hydrogen-bond donors (Lipinski definition) is 1. The van der Waals surface area contributed by atoms with Crippen molar-refractivity contribution in [1.29, 1.82) is 0 Å². The number of amides is 1. The van der Waals surface area contributed by atoms with E-state index in [-0.39, 0.29) is 5.91 Å². The molecule has 1 N–H and O–H groups in total. The van der Waals surface area contributed by atoms with Crippen molar-refractivity contribution < 1.29 is 19.0 Å². The van der Waals surface area contributed by atoms with Crippen LogP contribution in [0.15, 0.2) is 71.8 Å². The van der Waals surface area contributed by atoms with Crippen LogP contribution in [0.3, 0.4) is 0 Å². The number of carbonyl (C=O) groups excluding carboxylic acids is 1. The summed E-state index contributed by atoms with van der Waals surface area (Å²) < 4.78 is 16.7. The van der Waals surface area contributed by atoms with Gasteiger partial charge in [-0.1, -0.05) is 24.3 Å². The Kier molecular flexibility index (Phi) is 9.59. The van der Waals surface area contributed by atoms with Gasteiger partial charge in [-0.2, -0.15) is 5.10 Å². The van der Waals surface area contributed by atoms with Gasteiger partial charge in [0.1, 0.15) is 5.75 Å². The number of ether oxygens (including phenoxy) is 3. The number of anilines is 1. The number of nitrogens with zero attached hydrogens (tertiary/aromatic N) is 3. The first-order valence-corrected chi connectivity index (χ1v) is 13.0. The third kappa shape index (κ3) is 7.04. The zero-order valence-corrected chi connectivity index (χ0v) is 22.4. The summed E-state index contributed by atoms with van der Waals surface area (Å²) in [6, 6.07) is 21.4. The maximum absolute atomic E-state index is 12.6. The summed E-state index contributed by atoms with van der Waals surface area (Å²) in [5.41, 5.74) is 6.29. The van der Waals surface area contributed by atoms with Crippen LogP contribution in [0.4, 0.5) is 5.69 Å². The lowest BCUT2D eigenvalue weighted by Gasteiger charge is -2.36. The lowest BCUT2D eigenvalue weighted by Crippen LogP contribution is -2.46. The number of methoxy groups -OCH3 is 1. The molecule has 0 unspecified atom stereocenters. The van der Waals surface area contributed by atoms with Crippen molar-refractivity contribution in [3.05, 3.63) is 83.4 Å². The van der Waals surface area contributed by atoms with E-state index in [1.807, 2.05) is 74.5 Å². The minimum absolute atomic E-state index is 0.255. The van der Waals surface area contributed by atoms with Crippen LogP contribution in [0, 0.1) is 0 Å². The van der Waals surface area contributed by atoms with E-state index in [1.165, 1.54) is 5.56 Å². The molecule has 8 nitrogen and oxygen atoms in total. The summed E-state index contributed by atoms with van der Waals surface area (Å²) in [4.78, 5) is 17.4. The van der Waals surface area contributed by atoms with Gasteiger partial charge in [-0.25, -0.2) is 5.43 Å². The number of carbonyl (C=O) groups is 1. The minimum Gasteiger partial charge on any atom is -0.495 e. The Morgan fingerprint density at radius 2 is 1.61 bits per heavy atom. The van der Waals surface area contributed by atoms with E-state index < -0.39 is 0 Å². The van der Waals surface area contributed by atoms with Gasteiger partial charge in [-0.3, -0.25) is 9.69 Å². The van der Waals surface area contributed by atoms with Crippen molar-refractivity contribution in [2.75, 3.05) is 51.4 Å². The average Bonchev–Trinajstić information content (AvgIpc) is 2.95. The standard InChI is InChI=1S/C30H36N4O4/c1-4-37-28-15-12-24(20-29(28)38-5-2)21-31-32-30(35)25-13-10-23(11-14-25)22-33-16-18-34(19-17-33)26-8-6-7-9-27(26)36-3/h6-15,20-21H,4-5,16-19,22H2,1-3H3,(H,32,35)/b31-21-. The van der Waals surface area contributed by atoms with Crippen LogP contribution in [0.2, 0.25) is 0 Å². The molecule has 0 radical (unpaired) electrons. The number of benzene rings is 3. The molecule has 0 spiro atoms. The minimum atomic E-state index is -0.255. The first-order chi connectivity index (χ1) is 18.6. The largest absolute Gasteiger partial charge is 0.495 e. The molecule has 8 heteroatoms. The highest BCUT2D eigenvalue weighted by Crippen LogP contribution is 2.29. The van der Waals surface area contributed by atoms with E-state index in [4.69, 9.17) is 14.2 Å². The van der Waals surface area contributed by atoms with Crippen molar-refractivity contribution in [2.24, 2.45) is 5.10 Å². The summed E-state index contributed by atoms with van der Waals surface area (Å²) >= 11 is 0. The Hall–Kier alpha value is -4.04. The van der Waals surface area contributed by atoms with Gasteiger partial charge in [0.25, 0.3) is 5.91 Å². The lowest BCUT2D eigenvalue weighted by atomic mass is 10.1. The molecule has 0 aromatic heterocycles. The van der Waals surface area contributed by atoms with Gasteiger partial charge in [0.15, 0.2) is 11.5 Å². The first kappa shape index (κ1) is 27.0. The molecule has 1 fully saturated rings. The van der Waals surface area contributed by atoms with Gasteiger partial charge in [0.05, 0.1) is 32.2 Å². The number of nitrogens with one attached hydrogen (secondary N) is 1. The van der Waals surface area contributed by atoms with Crippen LogP contribution < -0.4 is 24.5 Å². The zero-order chi connectivity index (χ0) is 26.7. The van der Waals surface area contributed by atoms with Gasteiger partial charge < -0.3 is 19.1 Å². The number of rotatable bonds is 11. The van der Waals surface area contributed by atoms with Gasteiger partial charge in [-0.15, -0.1) is 0 Å². The zero-order valence-electron chi connectivity index (χ0n) is 22.4. The Morgan fingerprint density at radius 1 is 0.895 bits per heavy atom. The number of para-hydroxylation sites is 2. The Balaban J connectivity index is 1.27. The SMILES string of the molecule is CCOc1ccc(/C=N\NC(=O)c2ccc(CN3CCN(c4ccccc4OC)CC3)cc2)cc1OCC. The van der Waals surface area contributed by atoms with Crippen molar-refractivity contribution >= 4 is 17.8 Å². The second-order valence-electron chi connectivity index (χ2n) is 8.90. The molecule has 4 rings (SSSR count). The van der Waals surface area contributed by atoms with Gasteiger partial charge in [-0.05, 0) is 67.4 Å². The fourth-order valence-corrected chi connectivity index (χ4v) is 4.44. The fraction of sp³-hybridized carbons (Fsp3) is 0.333. The highest BCUT2D eigenvalue weighted by atomic mass is 16.5. The second-order valence-corrected chi connectivity index (χ2v) is 8.90. The molecule has 0 aliphatic carbocycles. The van der Waals surface area contributed by atoms with E-state index >= 15 is 0 Å². The van der Waals surface area contributed by atoms with Gasteiger partial charge >= 0.3 is 0 Å². The normalized spacial score (nSPS) is 13.9. The van der Waals surface area contributed by atoms with E-state index in [9.17, 15) is 4.79 Å². The summed E-state index contributed by atoms with van der Waals surface area (Å²) in [5.74, 6) is 2.00. The van der Waals surface area contributed by atoms with Crippen LogP contribution in [0.5, 0.6) is 17.2 Å². The predicted molar refractivity (Wildman–Crippen MR) is 151 cm³/mol. The molecule has 1 aliphatic rings. The smallest absolute Gasteiger partial charge is 0.271 e. The summed E-state index contributed by atoms with van der Waals surface area (Å²) in [7, 11) is 1.71. The number of hydrazone groups is 1. The van der Waals surface area contributed by atoms with Crippen LogP contribution in [0.25, 0.3) is 0 Å². The molecule has 1 saturated heterocycles. The van der Waals surface area contributed by atoms with E-state index in [1.54, 1.807) is 13.3 Å². The summed E-state index contributed by atoms with van der Waals surface area (Å²) in [6.07, 6.45) is 1.59. The molecule has 38 heavy (non-hydrogen) atoms. The highest BCUT2D eigenvalue weighted by molar-refractivity contribution is 5.95. The molecule has 0 atom stereocenters. The third-order valence-electron chi connectivity index (χ3n) is 6.37. The molecular formula is C30H36N4O4. The molecule has 0 saturated carbocycles. The van der Waals surface area contributed by atoms with Crippen LogP contribution in [-0.4, -0.2) is 63.5 Å². The molecule has 1 heterocycles. The third-order valence-corrected chi connectivity index (χ3v) is 6.37. The van der Waals surface area contributed by atoms with Crippen molar-refractivity contribution in [3.63, 3.8) is 0 Å². The van der Waals surface area contributed by atoms with E-state index in [0.29, 0.717) is 30.3 Å². The van der Waals surface area contributed by atoms with Crippen molar-refractivity contribution in [3.8, 4) is 17.2 Å². The topological polar surface area (TPSA) is 75.6 Å². The monoisotopic (exact) mass is 516 g/mol. The molecule has 3 aromatic rings. The van der Waals surface area contributed by atoms with Crippen molar-refractivity contribution in [2.45, 2.75) is 20.4 Å². The fourth-order valence-electron chi connectivity index (χ4n) is 4.44. The molecule has 1 amide bonds. The molecule has 200 valence electrons. The molecular weight excluding hydrogens is 480 g/mol. The predicted octanol–water partition coefficient (Wildman–Crippen LogP) is 4.58. The summed E-state index contributed by atoms with van der Waals surface area (Å²) in [6.45, 7) is 9.61. The van der Waals surface area contributed by atoms with Gasteiger partial charge in [0, 0.05) is 38.3 Å². The van der Waals surface area contributed by atoms with Gasteiger partial charge in [0.2, 0.25) is 0 Å². The molecule has 1 aliphatic heterocycles. The van der Waals surface area contributed by atoms with E-state index in [2.05, 4.69) is 26.4 Å². The Labute approximate surface area is 224 Å². The summed E-state index contributed by atoms with van der Waals surface area (Å²) in [5, 5.41) is 4.11. The Morgan fingerprint density at radius 3 is 2.32 bits per heavy atom. The van der Waals surface area contributed by atoms with E-state index in [0.717, 1.165) is 49.7 Å². The molecule has 0 bridgehead atoms. The lowest BCUT2D eigenvalue weighted by molar-refractivity contribution is 0.0955. The Bertz CT molecular complexity index is 1220. The molecule has 3 aromatic carbocycles. The van der Waals surface area contributed by atoms with Crippen molar-refractivity contribution in [1.82, 2.24) is 10.3 Å². The highest BCUT2D eigenvalue weighted by Gasteiger charge is 2.19. The van der Waals surface area contributed by atoms with Crippen LogP contribution in [0.1, 0.15) is 35.3 Å². The maximum Gasteiger partial charge on any atom is 0.271 e. The quantitative estimate of drug-likeness (QED) is 0.297. The number of hydrogen-bond acceptors (Lipinski definition) is 7. The first-order valence-electron chi connectivity index (χ1n) is 13.0. The number of piperazine rings is 1. The van der Waals surface area contributed by atoms with Crippen LogP contribution in [-0.2, 0) is 6.54 Å². The van der Waals surface area contributed by atoms with Crippen LogP contribution >= 0.6 is 0 Å².